The van der Waals surface area contributed by atoms with Gasteiger partial charge in [0, 0.05) is 25.7 Å². The molecule has 0 bridgehead atoms. The molecular formula is C32H44NO12P. The van der Waals surface area contributed by atoms with Crippen molar-refractivity contribution >= 4 is 31.7 Å². The smallest absolute Gasteiger partial charge is 0.306 e. The van der Waals surface area contributed by atoms with Crippen molar-refractivity contribution in [2.45, 2.75) is 57.8 Å². The van der Waals surface area contributed by atoms with Gasteiger partial charge < -0.3 is 37.4 Å². The van der Waals surface area contributed by atoms with Gasteiger partial charge >= 0.3 is 23.9 Å². The SMILES string of the molecule is C[N+](C)(C)CCOP(=O)([O-])OCC(COC(=O)CCCC(=O)OCc1ccccc1)OC(=O)CCCC(=O)OCc1ccccc1. The molecule has 2 aromatic carbocycles. The van der Waals surface area contributed by atoms with Gasteiger partial charge in [-0.3, -0.25) is 23.7 Å². The summed E-state index contributed by atoms with van der Waals surface area (Å²) >= 11 is 0. The van der Waals surface area contributed by atoms with Crippen molar-refractivity contribution in [1.82, 2.24) is 0 Å². The topological polar surface area (TPSA) is 164 Å². The molecule has 0 aliphatic carbocycles. The number of rotatable bonds is 22. The van der Waals surface area contributed by atoms with Crippen LogP contribution in [0.2, 0.25) is 0 Å². The fourth-order valence-electron chi connectivity index (χ4n) is 3.63. The van der Waals surface area contributed by atoms with Crippen molar-refractivity contribution in [3.05, 3.63) is 71.8 Å². The van der Waals surface area contributed by atoms with Gasteiger partial charge in [-0.05, 0) is 24.0 Å². The molecule has 14 heteroatoms. The van der Waals surface area contributed by atoms with E-state index in [9.17, 15) is 28.6 Å². The van der Waals surface area contributed by atoms with E-state index < -0.39 is 51.0 Å². The van der Waals surface area contributed by atoms with Crippen LogP contribution in [0.5, 0.6) is 0 Å². The minimum atomic E-state index is -4.75. The van der Waals surface area contributed by atoms with E-state index in [4.69, 9.17) is 28.0 Å². The average Bonchev–Trinajstić information content (AvgIpc) is 3.00. The average molecular weight is 666 g/mol. The van der Waals surface area contributed by atoms with Crippen molar-refractivity contribution in [2.24, 2.45) is 0 Å². The van der Waals surface area contributed by atoms with E-state index in [1.54, 1.807) is 0 Å². The van der Waals surface area contributed by atoms with Gasteiger partial charge in [-0.15, -0.1) is 0 Å². The molecule has 0 saturated carbocycles. The Balaban J connectivity index is 1.79. The van der Waals surface area contributed by atoms with Crippen LogP contribution in [-0.4, -0.2) is 82.0 Å². The second-order valence-corrected chi connectivity index (χ2v) is 12.8. The number of phosphoric acid groups is 1. The molecule has 46 heavy (non-hydrogen) atoms. The molecule has 13 nitrogen and oxygen atoms in total. The van der Waals surface area contributed by atoms with Crippen LogP contribution in [0.3, 0.4) is 0 Å². The highest BCUT2D eigenvalue weighted by molar-refractivity contribution is 7.45. The maximum absolute atomic E-state index is 12.5. The number of carbonyl (C=O) groups is 4. The quantitative estimate of drug-likeness (QED) is 0.0780. The minimum Gasteiger partial charge on any atom is -0.756 e. The minimum absolute atomic E-state index is 0.0127. The summed E-state index contributed by atoms with van der Waals surface area (Å²) < 4.78 is 43.3. The number of hydrogen-bond donors (Lipinski definition) is 0. The van der Waals surface area contributed by atoms with E-state index in [1.807, 2.05) is 81.8 Å². The van der Waals surface area contributed by atoms with Gasteiger partial charge in [-0.1, -0.05) is 60.7 Å². The lowest BCUT2D eigenvalue weighted by atomic mass is 10.2. The molecular weight excluding hydrogens is 621 g/mol. The van der Waals surface area contributed by atoms with E-state index in [0.717, 1.165) is 11.1 Å². The molecule has 2 rings (SSSR count). The molecule has 0 radical (unpaired) electrons. The lowest BCUT2D eigenvalue weighted by Gasteiger charge is -2.28. The Morgan fingerprint density at radius 3 is 1.61 bits per heavy atom. The fourth-order valence-corrected chi connectivity index (χ4v) is 4.36. The first-order valence-corrected chi connectivity index (χ1v) is 16.4. The second kappa shape index (κ2) is 20.5. The third-order valence-corrected chi connectivity index (χ3v) is 7.13. The van der Waals surface area contributed by atoms with Gasteiger partial charge in [0.1, 0.15) is 33.0 Å². The molecule has 0 aliphatic heterocycles. The fraction of sp³-hybridized carbons (Fsp3) is 0.500. The third-order valence-electron chi connectivity index (χ3n) is 6.17. The number of benzene rings is 2. The summed E-state index contributed by atoms with van der Waals surface area (Å²) in [7, 11) is 0.832. The highest BCUT2D eigenvalue weighted by Gasteiger charge is 2.22. The van der Waals surface area contributed by atoms with Crippen LogP contribution >= 0.6 is 7.82 Å². The molecule has 0 saturated heterocycles. The molecule has 0 N–H and O–H groups in total. The molecule has 0 heterocycles. The van der Waals surface area contributed by atoms with Crippen molar-refractivity contribution in [1.29, 1.82) is 0 Å². The molecule has 0 aliphatic rings. The lowest BCUT2D eigenvalue weighted by Crippen LogP contribution is -2.37. The molecule has 2 unspecified atom stereocenters. The molecule has 254 valence electrons. The maximum Gasteiger partial charge on any atom is 0.306 e. The predicted octanol–water partition coefficient (Wildman–Crippen LogP) is 3.48. The van der Waals surface area contributed by atoms with Crippen molar-refractivity contribution in [3.63, 3.8) is 0 Å². The zero-order valence-corrected chi connectivity index (χ0v) is 27.5. The largest absolute Gasteiger partial charge is 0.756 e. The van der Waals surface area contributed by atoms with Crippen LogP contribution in [0.25, 0.3) is 0 Å². The van der Waals surface area contributed by atoms with Crippen LogP contribution in [0.4, 0.5) is 0 Å². The molecule has 2 aromatic rings. The van der Waals surface area contributed by atoms with Gasteiger partial charge in [-0.2, -0.15) is 0 Å². The Morgan fingerprint density at radius 1 is 0.674 bits per heavy atom. The molecule has 0 aromatic heterocycles. The van der Waals surface area contributed by atoms with Crippen LogP contribution in [0.1, 0.15) is 49.7 Å². The summed E-state index contributed by atoms with van der Waals surface area (Å²) in [6, 6.07) is 18.3. The van der Waals surface area contributed by atoms with Crippen molar-refractivity contribution in [2.75, 3.05) is 47.5 Å². The Kier molecular flexibility index (Phi) is 17.2. The summed E-state index contributed by atoms with van der Waals surface area (Å²) in [6.07, 6.45) is -1.35. The van der Waals surface area contributed by atoms with Crippen LogP contribution in [0.15, 0.2) is 60.7 Å². The lowest BCUT2D eigenvalue weighted by molar-refractivity contribution is -0.870. The van der Waals surface area contributed by atoms with Gasteiger partial charge in [0.05, 0.1) is 27.7 Å². The number of esters is 4. The number of likely N-dealkylation sites (N-methyl/N-ethyl adjacent to an activating group) is 1. The Morgan fingerprint density at radius 2 is 1.13 bits per heavy atom. The standard InChI is InChI=1S/C32H44NO12P/c1-33(2,3)20-21-43-46(38,39)44-25-28(45-32(37)19-11-18-30(35)41-23-27-14-8-5-9-15-27)24-42-31(36)17-10-16-29(34)40-22-26-12-6-4-7-13-26/h4-9,12-15,28H,10-11,16-25H2,1-3H3. The van der Waals surface area contributed by atoms with Gasteiger partial charge in [0.2, 0.25) is 0 Å². The second-order valence-electron chi connectivity index (χ2n) is 11.4. The normalized spacial score (nSPS) is 13.2. The predicted molar refractivity (Wildman–Crippen MR) is 163 cm³/mol. The molecule has 0 spiro atoms. The van der Waals surface area contributed by atoms with E-state index in [-0.39, 0.29) is 58.3 Å². The van der Waals surface area contributed by atoms with Crippen molar-refractivity contribution < 1.29 is 61.1 Å². The van der Waals surface area contributed by atoms with E-state index in [0.29, 0.717) is 11.0 Å². The van der Waals surface area contributed by atoms with Gasteiger partial charge in [0.25, 0.3) is 7.82 Å². The monoisotopic (exact) mass is 665 g/mol. The summed E-state index contributed by atoms with van der Waals surface area (Å²) in [6.45, 7) is -0.669. The first-order chi connectivity index (χ1) is 21.8. The number of phosphoric ester groups is 1. The number of nitrogens with zero attached hydrogens (tertiary/aromatic N) is 1. The first kappa shape index (κ1) is 38.6. The van der Waals surface area contributed by atoms with E-state index >= 15 is 0 Å². The summed E-state index contributed by atoms with van der Waals surface area (Å²) in [5.74, 6) is -2.42. The van der Waals surface area contributed by atoms with Crippen LogP contribution in [0, 0.1) is 0 Å². The molecule has 0 fully saturated rings. The number of carbonyl (C=O) groups excluding carboxylic acids is 4. The Hall–Kier alpha value is -3.61. The highest BCUT2D eigenvalue weighted by atomic mass is 31.2. The Bertz CT molecular complexity index is 1270. The van der Waals surface area contributed by atoms with E-state index in [2.05, 4.69) is 0 Å². The zero-order chi connectivity index (χ0) is 33.8. The summed E-state index contributed by atoms with van der Waals surface area (Å²) in [5.41, 5.74) is 1.66. The Labute approximate surface area is 269 Å². The number of ether oxygens (including phenoxy) is 4. The maximum atomic E-state index is 12.5. The van der Waals surface area contributed by atoms with Gasteiger partial charge in [-0.25, -0.2) is 0 Å². The van der Waals surface area contributed by atoms with E-state index in [1.165, 1.54) is 0 Å². The number of quaternary nitrogens is 1. The molecule has 2 atom stereocenters. The van der Waals surface area contributed by atoms with Gasteiger partial charge in [0.15, 0.2) is 6.10 Å². The third kappa shape index (κ3) is 19.0. The number of hydrogen-bond acceptors (Lipinski definition) is 12. The van der Waals surface area contributed by atoms with Crippen LogP contribution in [-0.2, 0) is 65.0 Å². The first-order valence-electron chi connectivity index (χ1n) is 15.0. The summed E-state index contributed by atoms with van der Waals surface area (Å²) in [5, 5.41) is 0. The summed E-state index contributed by atoms with van der Waals surface area (Å²) in [4.78, 5) is 61.0. The van der Waals surface area contributed by atoms with Crippen LogP contribution < -0.4 is 4.89 Å². The molecule has 0 amide bonds. The van der Waals surface area contributed by atoms with Crippen molar-refractivity contribution in [3.8, 4) is 0 Å². The zero-order valence-electron chi connectivity index (χ0n) is 26.6. The highest BCUT2D eigenvalue weighted by Crippen LogP contribution is 2.38.